The van der Waals surface area contributed by atoms with Crippen LogP contribution in [0.2, 0.25) is 0 Å². The molecule has 76 valence electrons. The van der Waals surface area contributed by atoms with E-state index < -0.39 is 5.97 Å². The average molecular weight is 198 g/mol. The lowest BCUT2D eigenvalue weighted by Gasteiger charge is -1.95. The van der Waals surface area contributed by atoms with E-state index in [9.17, 15) is 9.59 Å². The maximum atomic E-state index is 10.9. The Morgan fingerprint density at radius 2 is 2.36 bits per heavy atom. The third-order valence-electron chi connectivity index (χ3n) is 1.42. The van der Waals surface area contributed by atoms with Crippen molar-refractivity contribution in [2.75, 3.05) is 5.32 Å². The minimum atomic E-state index is -1.01. The molecule has 7 nitrogen and oxygen atoms in total. The van der Waals surface area contributed by atoms with Gasteiger partial charge in [-0.2, -0.15) is 0 Å². The fourth-order valence-electron chi connectivity index (χ4n) is 0.803. The van der Waals surface area contributed by atoms with E-state index in [1.54, 1.807) is 6.92 Å². The molecule has 0 saturated carbocycles. The summed E-state index contributed by atoms with van der Waals surface area (Å²) in [4.78, 5) is 21.2. The number of carboxylic acid groups (broad SMARTS) is 1. The SMILES string of the molecule is CCC(=O)Nc1cn(CC(=O)O)nn1. The first kappa shape index (κ1) is 10.2. The standard InChI is InChI=1S/C7H10N4O3/c1-2-6(12)8-5-3-11(10-9-5)4-7(13)14/h3H,2,4H2,1H3,(H,8,12)(H,13,14). The second-order valence-electron chi connectivity index (χ2n) is 2.60. The van der Waals surface area contributed by atoms with Crippen LogP contribution in [0, 0.1) is 0 Å². The van der Waals surface area contributed by atoms with Crippen LogP contribution in [0.15, 0.2) is 6.20 Å². The zero-order valence-electron chi connectivity index (χ0n) is 7.60. The summed E-state index contributed by atoms with van der Waals surface area (Å²) in [5.74, 6) is -0.936. The first-order valence-electron chi connectivity index (χ1n) is 4.03. The van der Waals surface area contributed by atoms with Gasteiger partial charge in [0.2, 0.25) is 5.91 Å². The maximum absolute atomic E-state index is 10.9. The molecule has 0 fully saturated rings. The number of rotatable bonds is 4. The van der Waals surface area contributed by atoms with Crippen molar-refractivity contribution >= 4 is 17.7 Å². The summed E-state index contributed by atoms with van der Waals surface area (Å²) in [6, 6.07) is 0. The number of amides is 1. The average Bonchev–Trinajstić information content (AvgIpc) is 2.51. The van der Waals surface area contributed by atoms with Crippen molar-refractivity contribution in [2.24, 2.45) is 0 Å². The molecule has 1 aromatic heterocycles. The number of hydrogen-bond donors (Lipinski definition) is 2. The molecule has 1 aromatic rings. The molecule has 1 amide bonds. The van der Waals surface area contributed by atoms with Crippen molar-refractivity contribution in [1.82, 2.24) is 15.0 Å². The van der Waals surface area contributed by atoms with Crippen LogP contribution in [0.3, 0.4) is 0 Å². The second-order valence-corrected chi connectivity index (χ2v) is 2.60. The second kappa shape index (κ2) is 4.35. The monoisotopic (exact) mass is 198 g/mol. The molecular weight excluding hydrogens is 188 g/mol. The molecule has 0 bridgehead atoms. The molecule has 0 spiro atoms. The molecular formula is C7H10N4O3. The van der Waals surface area contributed by atoms with E-state index in [-0.39, 0.29) is 18.3 Å². The lowest BCUT2D eigenvalue weighted by molar-refractivity contribution is -0.137. The Morgan fingerprint density at radius 1 is 1.64 bits per heavy atom. The highest BCUT2D eigenvalue weighted by atomic mass is 16.4. The molecule has 0 aliphatic heterocycles. The maximum Gasteiger partial charge on any atom is 0.325 e. The Kier molecular flexibility index (Phi) is 3.16. The predicted molar refractivity (Wildman–Crippen MR) is 46.6 cm³/mol. The van der Waals surface area contributed by atoms with Crippen LogP contribution >= 0.6 is 0 Å². The van der Waals surface area contributed by atoms with Gasteiger partial charge in [-0.25, -0.2) is 4.68 Å². The smallest absolute Gasteiger partial charge is 0.325 e. The van der Waals surface area contributed by atoms with Crippen LogP contribution in [-0.2, 0) is 16.1 Å². The van der Waals surface area contributed by atoms with Gasteiger partial charge in [0.05, 0.1) is 6.20 Å². The molecule has 7 heteroatoms. The van der Waals surface area contributed by atoms with Gasteiger partial charge in [0.15, 0.2) is 5.82 Å². The van der Waals surface area contributed by atoms with Crippen LogP contribution in [0.5, 0.6) is 0 Å². The van der Waals surface area contributed by atoms with Crippen molar-refractivity contribution in [2.45, 2.75) is 19.9 Å². The molecule has 0 saturated heterocycles. The number of carboxylic acids is 1. The quantitative estimate of drug-likeness (QED) is 0.692. The number of aromatic nitrogens is 3. The number of nitrogens with zero attached hydrogens (tertiary/aromatic N) is 3. The highest BCUT2D eigenvalue weighted by molar-refractivity contribution is 5.89. The normalized spacial score (nSPS) is 9.79. The Morgan fingerprint density at radius 3 is 2.93 bits per heavy atom. The largest absolute Gasteiger partial charge is 0.480 e. The van der Waals surface area contributed by atoms with Gasteiger partial charge in [0, 0.05) is 6.42 Å². The molecule has 2 N–H and O–H groups in total. The topological polar surface area (TPSA) is 97.1 Å². The zero-order valence-corrected chi connectivity index (χ0v) is 7.60. The van der Waals surface area contributed by atoms with Crippen LogP contribution in [0.4, 0.5) is 5.82 Å². The summed E-state index contributed by atoms with van der Waals surface area (Å²) in [7, 11) is 0. The summed E-state index contributed by atoms with van der Waals surface area (Å²) >= 11 is 0. The molecule has 0 aromatic carbocycles. The van der Waals surface area contributed by atoms with Gasteiger partial charge in [-0.05, 0) is 0 Å². The first-order chi connectivity index (χ1) is 6.61. The summed E-state index contributed by atoms with van der Waals surface area (Å²) in [6.45, 7) is 1.44. The summed E-state index contributed by atoms with van der Waals surface area (Å²) in [5.41, 5.74) is 0. The number of nitrogens with one attached hydrogen (secondary N) is 1. The van der Waals surface area contributed by atoms with Gasteiger partial charge < -0.3 is 10.4 Å². The lowest BCUT2D eigenvalue weighted by Crippen LogP contribution is -2.10. The van der Waals surface area contributed by atoms with Gasteiger partial charge in [-0.3, -0.25) is 9.59 Å². The van der Waals surface area contributed by atoms with Crippen LogP contribution in [0.1, 0.15) is 13.3 Å². The van der Waals surface area contributed by atoms with E-state index >= 15 is 0 Å². The van der Waals surface area contributed by atoms with Crippen molar-refractivity contribution in [1.29, 1.82) is 0 Å². The van der Waals surface area contributed by atoms with E-state index in [0.29, 0.717) is 6.42 Å². The van der Waals surface area contributed by atoms with E-state index in [1.165, 1.54) is 6.20 Å². The van der Waals surface area contributed by atoms with Crippen molar-refractivity contribution < 1.29 is 14.7 Å². The minimum absolute atomic E-state index is 0.188. The van der Waals surface area contributed by atoms with Crippen molar-refractivity contribution in [3.05, 3.63) is 6.20 Å². The third kappa shape index (κ3) is 2.85. The summed E-state index contributed by atoms with van der Waals surface area (Å²) in [6.07, 6.45) is 1.70. The van der Waals surface area contributed by atoms with E-state index in [1.807, 2.05) is 0 Å². The fraction of sp³-hybridized carbons (Fsp3) is 0.429. The third-order valence-corrected chi connectivity index (χ3v) is 1.42. The van der Waals surface area contributed by atoms with Crippen molar-refractivity contribution in [3.8, 4) is 0 Å². The van der Waals surface area contributed by atoms with Gasteiger partial charge in [0.25, 0.3) is 0 Å². The molecule has 0 unspecified atom stereocenters. The molecule has 0 aliphatic rings. The van der Waals surface area contributed by atoms with Gasteiger partial charge in [-0.15, -0.1) is 5.10 Å². The molecule has 0 radical (unpaired) electrons. The Hall–Kier alpha value is -1.92. The van der Waals surface area contributed by atoms with E-state index in [2.05, 4.69) is 15.6 Å². The highest BCUT2D eigenvalue weighted by Gasteiger charge is 2.05. The van der Waals surface area contributed by atoms with Crippen LogP contribution < -0.4 is 5.32 Å². The number of carbonyl (C=O) groups excluding carboxylic acids is 1. The number of anilines is 1. The van der Waals surface area contributed by atoms with E-state index in [0.717, 1.165) is 4.68 Å². The predicted octanol–water partition coefficient (Wildman–Crippen LogP) is -0.289. The molecule has 1 heterocycles. The lowest BCUT2D eigenvalue weighted by atomic mass is 10.4. The van der Waals surface area contributed by atoms with Gasteiger partial charge in [0.1, 0.15) is 6.54 Å². The molecule has 14 heavy (non-hydrogen) atoms. The molecule has 0 atom stereocenters. The minimum Gasteiger partial charge on any atom is -0.480 e. The van der Waals surface area contributed by atoms with Gasteiger partial charge in [-0.1, -0.05) is 12.1 Å². The number of hydrogen-bond acceptors (Lipinski definition) is 4. The van der Waals surface area contributed by atoms with E-state index in [4.69, 9.17) is 5.11 Å². The molecule has 0 aliphatic carbocycles. The van der Waals surface area contributed by atoms with Gasteiger partial charge >= 0.3 is 5.97 Å². The first-order valence-corrected chi connectivity index (χ1v) is 4.03. The fourth-order valence-corrected chi connectivity index (χ4v) is 0.803. The number of aliphatic carboxylic acids is 1. The van der Waals surface area contributed by atoms with Crippen molar-refractivity contribution in [3.63, 3.8) is 0 Å². The Labute approximate surface area is 79.7 Å². The summed E-state index contributed by atoms with van der Waals surface area (Å²) in [5, 5.41) is 18.0. The Bertz CT molecular complexity index is 346. The van der Waals surface area contributed by atoms with Crippen LogP contribution in [0.25, 0.3) is 0 Å². The van der Waals surface area contributed by atoms with Crippen LogP contribution in [-0.4, -0.2) is 32.0 Å². The highest BCUT2D eigenvalue weighted by Crippen LogP contribution is 2.00. The summed E-state index contributed by atoms with van der Waals surface area (Å²) < 4.78 is 1.13. The zero-order chi connectivity index (χ0) is 10.6. The molecule has 1 rings (SSSR count). The Balaban J connectivity index is 2.59. The number of carbonyl (C=O) groups is 2.